The molecule has 2 rings (SSSR count). The molecule has 2 aromatic heterocycles. The van der Waals surface area contributed by atoms with Gasteiger partial charge in [-0.15, -0.1) is 0 Å². The van der Waals surface area contributed by atoms with E-state index in [2.05, 4.69) is 15.0 Å². The van der Waals surface area contributed by atoms with Crippen molar-refractivity contribution in [3.8, 4) is 17.4 Å². The van der Waals surface area contributed by atoms with Gasteiger partial charge in [0.2, 0.25) is 21.9 Å². The van der Waals surface area contributed by atoms with Gasteiger partial charge < -0.3 is 20.9 Å². The van der Waals surface area contributed by atoms with Crippen LogP contribution in [0.3, 0.4) is 0 Å². The minimum atomic E-state index is -4.07. The van der Waals surface area contributed by atoms with Gasteiger partial charge in [-0.25, -0.2) is 23.5 Å². The molecule has 0 amide bonds. The lowest BCUT2D eigenvalue weighted by Gasteiger charge is -2.16. The van der Waals surface area contributed by atoms with E-state index in [1.54, 1.807) is 0 Å². The number of aromatic nitrogens is 3. The van der Waals surface area contributed by atoms with Crippen molar-refractivity contribution in [3.05, 3.63) is 18.0 Å². The van der Waals surface area contributed by atoms with E-state index in [1.165, 1.54) is 19.4 Å². The van der Waals surface area contributed by atoms with Crippen molar-refractivity contribution in [2.45, 2.75) is 24.7 Å². The minimum absolute atomic E-state index is 0.00480. The van der Waals surface area contributed by atoms with Crippen molar-refractivity contribution in [1.82, 2.24) is 15.0 Å². The first-order valence-electron chi connectivity index (χ1n) is 6.81. The van der Waals surface area contributed by atoms with Crippen LogP contribution in [0.2, 0.25) is 0 Å². The Morgan fingerprint density at radius 2 is 1.83 bits per heavy atom. The standard InChI is InChI=1S/C13H18N6O4S/c1-6(2)10-7(23-8-5-17-13(15)19-11(8)14)4-9(24(16,20)21)12(18-10)22-3/h4-6H,1-3H3,(H2,16,20,21)(H4,14,15,17,19). The van der Waals surface area contributed by atoms with Crippen LogP contribution in [0.15, 0.2) is 17.2 Å². The van der Waals surface area contributed by atoms with Gasteiger partial charge in [0, 0.05) is 6.07 Å². The summed E-state index contributed by atoms with van der Waals surface area (Å²) < 4.78 is 34.2. The van der Waals surface area contributed by atoms with Crippen LogP contribution in [0.5, 0.6) is 17.4 Å². The van der Waals surface area contributed by atoms with Crippen molar-refractivity contribution in [1.29, 1.82) is 0 Å². The van der Waals surface area contributed by atoms with E-state index in [0.29, 0.717) is 5.69 Å². The molecule has 0 unspecified atom stereocenters. The van der Waals surface area contributed by atoms with Gasteiger partial charge in [0.1, 0.15) is 4.90 Å². The van der Waals surface area contributed by atoms with Gasteiger partial charge in [-0.2, -0.15) is 4.98 Å². The molecule has 0 spiro atoms. The Bertz CT molecular complexity index is 869. The Hall–Kier alpha value is -2.66. The monoisotopic (exact) mass is 354 g/mol. The quantitative estimate of drug-likeness (QED) is 0.696. The van der Waals surface area contributed by atoms with E-state index < -0.39 is 10.0 Å². The lowest BCUT2D eigenvalue weighted by molar-refractivity contribution is 0.377. The molecule has 0 fully saturated rings. The zero-order valence-corrected chi connectivity index (χ0v) is 14.2. The number of methoxy groups -OCH3 is 1. The second-order valence-corrected chi connectivity index (χ2v) is 6.69. The maximum Gasteiger partial charge on any atom is 0.243 e. The van der Waals surface area contributed by atoms with E-state index in [4.69, 9.17) is 26.1 Å². The fourth-order valence-corrected chi connectivity index (χ4v) is 2.56. The molecule has 24 heavy (non-hydrogen) atoms. The largest absolute Gasteiger partial charge is 0.480 e. The molecule has 2 aromatic rings. The van der Waals surface area contributed by atoms with Gasteiger partial charge in [-0.05, 0) is 5.92 Å². The second kappa shape index (κ2) is 6.45. The summed E-state index contributed by atoms with van der Waals surface area (Å²) in [5.41, 5.74) is 11.6. The van der Waals surface area contributed by atoms with Crippen molar-refractivity contribution < 1.29 is 17.9 Å². The Morgan fingerprint density at radius 3 is 2.33 bits per heavy atom. The van der Waals surface area contributed by atoms with E-state index in [1.807, 2.05) is 13.8 Å². The molecule has 10 nitrogen and oxygen atoms in total. The number of rotatable bonds is 5. The van der Waals surface area contributed by atoms with Gasteiger partial charge in [0.05, 0.1) is 19.0 Å². The van der Waals surface area contributed by atoms with Crippen molar-refractivity contribution in [2.24, 2.45) is 5.14 Å². The average molecular weight is 354 g/mol. The summed E-state index contributed by atoms with van der Waals surface area (Å²) in [6.07, 6.45) is 1.28. The summed E-state index contributed by atoms with van der Waals surface area (Å²) in [7, 11) is -2.77. The maximum absolute atomic E-state index is 11.7. The number of sulfonamides is 1. The first kappa shape index (κ1) is 17.7. The molecule has 0 bridgehead atoms. The van der Waals surface area contributed by atoms with Crippen molar-refractivity contribution >= 4 is 21.8 Å². The van der Waals surface area contributed by atoms with Crippen LogP contribution in [-0.4, -0.2) is 30.5 Å². The third-order valence-electron chi connectivity index (χ3n) is 3.02. The van der Waals surface area contributed by atoms with Crippen LogP contribution in [0.4, 0.5) is 11.8 Å². The first-order chi connectivity index (χ1) is 11.1. The predicted molar refractivity (Wildman–Crippen MR) is 87.2 cm³/mol. The molecule has 0 saturated heterocycles. The normalized spacial score (nSPS) is 11.5. The van der Waals surface area contributed by atoms with Crippen LogP contribution < -0.4 is 26.1 Å². The second-order valence-electron chi connectivity index (χ2n) is 5.16. The number of pyridine rings is 1. The van der Waals surface area contributed by atoms with Crippen LogP contribution in [-0.2, 0) is 10.0 Å². The van der Waals surface area contributed by atoms with Gasteiger partial charge in [0.25, 0.3) is 0 Å². The van der Waals surface area contributed by atoms with Gasteiger partial charge >= 0.3 is 0 Å². The molecule has 0 aliphatic heterocycles. The predicted octanol–water partition coefficient (Wildman–Crippen LogP) is 0.608. The number of primary sulfonamides is 1. The van der Waals surface area contributed by atoms with Crippen LogP contribution >= 0.6 is 0 Å². The number of nitrogens with two attached hydrogens (primary N) is 3. The lowest BCUT2D eigenvalue weighted by atomic mass is 10.1. The highest BCUT2D eigenvalue weighted by molar-refractivity contribution is 7.89. The van der Waals surface area contributed by atoms with E-state index in [-0.39, 0.29) is 40.0 Å². The molecular formula is C13H18N6O4S. The smallest absolute Gasteiger partial charge is 0.243 e. The summed E-state index contributed by atoms with van der Waals surface area (Å²) in [5.74, 6) is 0.0370. The van der Waals surface area contributed by atoms with Gasteiger partial charge in [-0.3, -0.25) is 0 Å². The number of ether oxygens (including phenoxy) is 2. The van der Waals surface area contributed by atoms with Crippen LogP contribution in [0, 0.1) is 0 Å². The Morgan fingerprint density at radius 1 is 1.17 bits per heavy atom. The highest BCUT2D eigenvalue weighted by Crippen LogP contribution is 2.36. The van der Waals surface area contributed by atoms with E-state index >= 15 is 0 Å². The molecule has 0 radical (unpaired) electrons. The Kier molecular flexibility index (Phi) is 4.76. The summed E-state index contributed by atoms with van der Waals surface area (Å²) in [6.45, 7) is 3.71. The molecule has 6 N–H and O–H groups in total. The summed E-state index contributed by atoms with van der Waals surface area (Å²) in [5, 5.41) is 5.20. The topological polar surface area (TPSA) is 169 Å². The molecule has 11 heteroatoms. The van der Waals surface area contributed by atoms with Crippen molar-refractivity contribution in [2.75, 3.05) is 18.6 Å². The lowest BCUT2D eigenvalue weighted by Crippen LogP contribution is -2.15. The summed E-state index contributed by atoms with van der Waals surface area (Å²) in [6, 6.07) is 1.23. The van der Waals surface area contributed by atoms with Gasteiger partial charge in [0.15, 0.2) is 17.3 Å². The Labute approximate surface area is 139 Å². The third-order valence-corrected chi connectivity index (χ3v) is 3.92. The number of nitrogen functional groups attached to an aromatic ring is 2. The van der Waals surface area contributed by atoms with Crippen LogP contribution in [0.25, 0.3) is 0 Å². The minimum Gasteiger partial charge on any atom is -0.480 e. The Balaban J connectivity index is 2.62. The first-order valence-corrected chi connectivity index (χ1v) is 8.35. The highest BCUT2D eigenvalue weighted by Gasteiger charge is 2.23. The number of hydrogen-bond donors (Lipinski definition) is 3. The van der Waals surface area contributed by atoms with E-state index in [0.717, 1.165) is 0 Å². The fourth-order valence-electron chi connectivity index (χ4n) is 1.92. The maximum atomic E-state index is 11.7. The molecule has 0 aliphatic rings. The number of nitrogens with zero attached hydrogens (tertiary/aromatic N) is 3. The van der Waals surface area contributed by atoms with E-state index in [9.17, 15) is 8.42 Å². The third kappa shape index (κ3) is 3.63. The summed E-state index contributed by atoms with van der Waals surface area (Å²) >= 11 is 0. The molecular weight excluding hydrogens is 336 g/mol. The average Bonchev–Trinajstić information content (AvgIpc) is 2.48. The molecule has 0 atom stereocenters. The zero-order valence-electron chi connectivity index (χ0n) is 13.3. The highest BCUT2D eigenvalue weighted by atomic mass is 32.2. The molecule has 0 aliphatic carbocycles. The molecule has 2 heterocycles. The SMILES string of the molecule is COc1nc(C(C)C)c(Oc2cnc(N)nc2N)cc1S(N)(=O)=O. The number of anilines is 2. The van der Waals surface area contributed by atoms with Crippen LogP contribution in [0.1, 0.15) is 25.5 Å². The molecule has 0 aromatic carbocycles. The zero-order chi connectivity index (χ0) is 18.1. The fraction of sp³-hybridized carbons (Fsp3) is 0.308. The van der Waals surface area contributed by atoms with Gasteiger partial charge in [-0.1, -0.05) is 13.8 Å². The number of hydrogen-bond acceptors (Lipinski definition) is 9. The molecule has 0 saturated carbocycles. The summed E-state index contributed by atoms with van der Waals surface area (Å²) in [4.78, 5) is 11.5. The molecule has 130 valence electrons. The van der Waals surface area contributed by atoms with Crippen molar-refractivity contribution in [3.63, 3.8) is 0 Å².